The molecule has 0 saturated carbocycles. The molecule has 1 heterocycles. The fourth-order valence-corrected chi connectivity index (χ4v) is 3.94. The number of nitrogens with one attached hydrogen (secondary N) is 1. The van der Waals surface area contributed by atoms with E-state index in [0.717, 1.165) is 29.7 Å². The minimum absolute atomic E-state index is 0.0272. The number of carbonyl (C=O) groups is 2. The number of likely N-dealkylation sites (tertiary alicyclic amines) is 1. The molecule has 1 aliphatic rings. The van der Waals surface area contributed by atoms with Crippen LogP contribution in [0, 0.1) is 0 Å². The fourth-order valence-electron chi connectivity index (χ4n) is 3.94. The van der Waals surface area contributed by atoms with Gasteiger partial charge in [-0.15, -0.1) is 0 Å². The van der Waals surface area contributed by atoms with Gasteiger partial charge in [-0.05, 0) is 48.7 Å². The smallest absolute Gasteiger partial charge is 0.253 e. The average molecular weight is 415 g/mol. The van der Waals surface area contributed by atoms with Crippen LogP contribution in [0.3, 0.4) is 0 Å². The van der Waals surface area contributed by atoms with E-state index in [1.807, 2.05) is 83.8 Å². The van der Waals surface area contributed by atoms with E-state index < -0.39 is 0 Å². The third-order valence-corrected chi connectivity index (χ3v) is 5.70. The molecule has 1 saturated heterocycles. The summed E-state index contributed by atoms with van der Waals surface area (Å²) >= 11 is 0. The minimum Gasteiger partial charge on any atom is -0.496 e. The first-order valence-corrected chi connectivity index (χ1v) is 10.5. The lowest BCUT2D eigenvalue weighted by Crippen LogP contribution is -2.46. The number of hydrogen-bond donors (Lipinski definition) is 1. The van der Waals surface area contributed by atoms with Gasteiger partial charge in [-0.1, -0.05) is 48.5 Å². The Balaban J connectivity index is 1.35. The second-order valence-corrected chi connectivity index (χ2v) is 7.68. The summed E-state index contributed by atoms with van der Waals surface area (Å²) in [6, 6.07) is 24.8. The van der Waals surface area contributed by atoms with E-state index in [2.05, 4.69) is 5.32 Å². The summed E-state index contributed by atoms with van der Waals surface area (Å²) in [7, 11) is 1.66. The summed E-state index contributed by atoms with van der Waals surface area (Å²) in [5.74, 6) is 0.776. The summed E-state index contributed by atoms with van der Waals surface area (Å²) in [5.41, 5.74) is 3.34. The second kappa shape index (κ2) is 9.47. The van der Waals surface area contributed by atoms with Crippen LogP contribution in [0.15, 0.2) is 78.9 Å². The summed E-state index contributed by atoms with van der Waals surface area (Å²) in [6.45, 7) is 1.26. The van der Waals surface area contributed by atoms with E-state index in [4.69, 9.17) is 4.74 Å². The fraction of sp³-hybridized carbons (Fsp3) is 0.231. The van der Waals surface area contributed by atoms with E-state index in [1.54, 1.807) is 7.11 Å². The Hall–Kier alpha value is -3.60. The van der Waals surface area contributed by atoms with Crippen LogP contribution < -0.4 is 10.1 Å². The number of hydrogen-bond acceptors (Lipinski definition) is 3. The number of piperidine rings is 1. The van der Waals surface area contributed by atoms with Crippen LogP contribution in [-0.4, -0.2) is 43.0 Å². The highest BCUT2D eigenvalue weighted by Crippen LogP contribution is 2.29. The maximum Gasteiger partial charge on any atom is 0.253 e. The SMILES string of the molecule is COc1ccccc1-c1ccc(C(=O)N2CCC(NC(=O)c3ccccc3)CC2)cc1. The lowest BCUT2D eigenvalue weighted by atomic mass is 10.0. The van der Waals surface area contributed by atoms with Crippen molar-refractivity contribution in [3.8, 4) is 16.9 Å². The summed E-state index contributed by atoms with van der Waals surface area (Å²) < 4.78 is 5.43. The first-order valence-electron chi connectivity index (χ1n) is 10.5. The molecule has 5 heteroatoms. The molecule has 1 aliphatic heterocycles. The zero-order valence-corrected chi connectivity index (χ0v) is 17.6. The molecular weight excluding hydrogens is 388 g/mol. The van der Waals surface area contributed by atoms with Crippen molar-refractivity contribution in [3.63, 3.8) is 0 Å². The average Bonchev–Trinajstić information content (AvgIpc) is 2.84. The Labute approximate surface area is 182 Å². The number of nitrogens with zero attached hydrogens (tertiary/aromatic N) is 1. The van der Waals surface area contributed by atoms with Crippen LogP contribution in [0.5, 0.6) is 5.75 Å². The highest BCUT2D eigenvalue weighted by atomic mass is 16.5. The second-order valence-electron chi connectivity index (χ2n) is 7.68. The van der Waals surface area contributed by atoms with Gasteiger partial charge in [-0.2, -0.15) is 0 Å². The molecule has 4 rings (SSSR count). The monoisotopic (exact) mass is 414 g/mol. The molecule has 0 aromatic heterocycles. The molecular formula is C26H26N2O3. The zero-order valence-electron chi connectivity index (χ0n) is 17.6. The first kappa shape index (κ1) is 20.7. The zero-order chi connectivity index (χ0) is 21.6. The van der Waals surface area contributed by atoms with Crippen molar-refractivity contribution < 1.29 is 14.3 Å². The Morgan fingerprint density at radius 3 is 2.16 bits per heavy atom. The number of amides is 2. The predicted octanol–water partition coefficient (Wildman–Crippen LogP) is 4.40. The van der Waals surface area contributed by atoms with Crippen molar-refractivity contribution in [1.29, 1.82) is 0 Å². The van der Waals surface area contributed by atoms with Crippen molar-refractivity contribution in [3.05, 3.63) is 90.0 Å². The van der Waals surface area contributed by atoms with Gasteiger partial charge < -0.3 is 15.0 Å². The summed E-state index contributed by atoms with van der Waals surface area (Å²) in [6.07, 6.45) is 1.51. The maximum atomic E-state index is 12.9. The van der Waals surface area contributed by atoms with E-state index in [-0.39, 0.29) is 17.9 Å². The van der Waals surface area contributed by atoms with Crippen LogP contribution in [-0.2, 0) is 0 Å². The lowest BCUT2D eigenvalue weighted by molar-refractivity contribution is 0.0698. The van der Waals surface area contributed by atoms with E-state index in [0.29, 0.717) is 24.2 Å². The summed E-state index contributed by atoms with van der Waals surface area (Å²) in [5, 5.41) is 3.08. The molecule has 158 valence electrons. The highest BCUT2D eigenvalue weighted by molar-refractivity contribution is 5.95. The van der Waals surface area contributed by atoms with Gasteiger partial charge in [0, 0.05) is 35.8 Å². The standard InChI is InChI=1S/C26H26N2O3/c1-31-24-10-6-5-9-23(24)19-11-13-21(14-12-19)26(30)28-17-15-22(16-18-28)27-25(29)20-7-3-2-4-8-20/h2-14,22H,15-18H2,1H3,(H,27,29). The largest absolute Gasteiger partial charge is 0.496 e. The molecule has 0 spiro atoms. The maximum absolute atomic E-state index is 12.9. The molecule has 0 atom stereocenters. The van der Waals surface area contributed by atoms with Gasteiger partial charge in [0.1, 0.15) is 5.75 Å². The normalized spacial score (nSPS) is 14.2. The number of ether oxygens (including phenoxy) is 1. The number of para-hydroxylation sites is 1. The van der Waals surface area contributed by atoms with Gasteiger partial charge in [-0.25, -0.2) is 0 Å². The number of benzene rings is 3. The first-order chi connectivity index (χ1) is 15.2. The Morgan fingerprint density at radius 2 is 1.48 bits per heavy atom. The van der Waals surface area contributed by atoms with Crippen molar-refractivity contribution in [1.82, 2.24) is 10.2 Å². The molecule has 0 bridgehead atoms. The number of carbonyl (C=O) groups excluding carboxylic acids is 2. The van der Waals surface area contributed by atoms with Gasteiger partial charge in [0.2, 0.25) is 0 Å². The van der Waals surface area contributed by atoms with E-state index >= 15 is 0 Å². The quantitative estimate of drug-likeness (QED) is 0.673. The molecule has 31 heavy (non-hydrogen) atoms. The molecule has 1 N–H and O–H groups in total. The van der Waals surface area contributed by atoms with Crippen LogP contribution in [0.4, 0.5) is 0 Å². The number of methoxy groups -OCH3 is 1. The van der Waals surface area contributed by atoms with Crippen LogP contribution >= 0.6 is 0 Å². The Kier molecular flexibility index (Phi) is 6.32. The third kappa shape index (κ3) is 4.77. The topological polar surface area (TPSA) is 58.6 Å². The molecule has 3 aromatic rings. The lowest BCUT2D eigenvalue weighted by Gasteiger charge is -2.32. The van der Waals surface area contributed by atoms with Gasteiger partial charge >= 0.3 is 0 Å². The molecule has 3 aromatic carbocycles. The van der Waals surface area contributed by atoms with Gasteiger partial charge in [0.15, 0.2) is 0 Å². The van der Waals surface area contributed by atoms with Crippen molar-refractivity contribution in [2.24, 2.45) is 0 Å². The van der Waals surface area contributed by atoms with Crippen molar-refractivity contribution in [2.75, 3.05) is 20.2 Å². The van der Waals surface area contributed by atoms with E-state index in [9.17, 15) is 9.59 Å². The predicted molar refractivity (Wildman–Crippen MR) is 121 cm³/mol. The van der Waals surface area contributed by atoms with Gasteiger partial charge in [0.25, 0.3) is 11.8 Å². The third-order valence-electron chi connectivity index (χ3n) is 5.70. The molecule has 5 nitrogen and oxygen atoms in total. The minimum atomic E-state index is -0.0581. The summed E-state index contributed by atoms with van der Waals surface area (Å²) in [4.78, 5) is 27.1. The molecule has 0 radical (unpaired) electrons. The Morgan fingerprint density at radius 1 is 0.839 bits per heavy atom. The molecule has 1 fully saturated rings. The highest BCUT2D eigenvalue weighted by Gasteiger charge is 2.25. The van der Waals surface area contributed by atoms with Crippen LogP contribution in [0.2, 0.25) is 0 Å². The molecule has 0 aliphatic carbocycles. The van der Waals surface area contributed by atoms with Gasteiger partial charge in [0.05, 0.1) is 7.11 Å². The molecule has 0 unspecified atom stereocenters. The van der Waals surface area contributed by atoms with Crippen LogP contribution in [0.1, 0.15) is 33.6 Å². The van der Waals surface area contributed by atoms with Crippen LogP contribution in [0.25, 0.3) is 11.1 Å². The Bertz CT molecular complexity index is 1040. The van der Waals surface area contributed by atoms with Gasteiger partial charge in [-0.3, -0.25) is 9.59 Å². The molecule has 2 amide bonds. The number of rotatable bonds is 5. The van der Waals surface area contributed by atoms with Crippen molar-refractivity contribution in [2.45, 2.75) is 18.9 Å². The van der Waals surface area contributed by atoms with Crippen molar-refractivity contribution >= 4 is 11.8 Å². The van der Waals surface area contributed by atoms with E-state index in [1.165, 1.54) is 0 Å².